The lowest BCUT2D eigenvalue weighted by Crippen LogP contribution is -2.45. The highest BCUT2D eigenvalue weighted by Gasteiger charge is 2.37. The Kier molecular flexibility index (Phi) is 9.06. The Labute approximate surface area is 276 Å². The van der Waals surface area contributed by atoms with E-state index in [1.807, 2.05) is 81.7 Å². The molecule has 8 nitrogen and oxygen atoms in total. The SMILES string of the molecule is Cc1cn2nc3cc2c(c1[C@H](OC(C)(C)C)C(=O)O)N1CCC(C)(CC1)OCCCC[C@H](C)Oc1cccc(F)c1-c1cccc-3c1. The summed E-state index contributed by atoms with van der Waals surface area (Å²) in [7, 11) is 0. The third-order valence-corrected chi connectivity index (χ3v) is 9.28. The Balaban J connectivity index is 1.54. The van der Waals surface area contributed by atoms with E-state index < -0.39 is 17.7 Å². The molecule has 1 fully saturated rings. The predicted octanol–water partition coefficient (Wildman–Crippen LogP) is 8.38. The zero-order valence-electron chi connectivity index (χ0n) is 28.3. The van der Waals surface area contributed by atoms with E-state index in [0.29, 0.717) is 47.8 Å². The molecule has 2 aromatic heterocycles. The molecule has 5 heterocycles. The van der Waals surface area contributed by atoms with Gasteiger partial charge in [0, 0.05) is 37.0 Å². The molecule has 1 saturated heterocycles. The second-order valence-corrected chi connectivity index (χ2v) is 14.3. The molecule has 0 aliphatic carbocycles. The first-order valence-corrected chi connectivity index (χ1v) is 16.7. The molecule has 4 aromatic rings. The number of halogens is 1. The first-order chi connectivity index (χ1) is 22.3. The number of carbonyl (C=O) groups is 1. The number of carboxylic acids is 1. The van der Waals surface area contributed by atoms with Crippen molar-refractivity contribution in [3.63, 3.8) is 0 Å². The summed E-state index contributed by atoms with van der Waals surface area (Å²) in [5.41, 5.74) is 4.66. The molecule has 250 valence electrons. The maximum atomic E-state index is 15.5. The van der Waals surface area contributed by atoms with Gasteiger partial charge < -0.3 is 24.2 Å². The molecule has 2 atom stereocenters. The Morgan fingerprint density at radius 1 is 1.11 bits per heavy atom. The highest BCUT2D eigenvalue weighted by Crippen LogP contribution is 2.42. The molecule has 0 unspecified atom stereocenters. The van der Waals surface area contributed by atoms with E-state index >= 15 is 4.39 Å². The van der Waals surface area contributed by atoms with Crippen LogP contribution in [0.4, 0.5) is 10.1 Å². The zero-order chi connectivity index (χ0) is 33.5. The van der Waals surface area contributed by atoms with Crippen LogP contribution in [0.3, 0.4) is 0 Å². The molecule has 0 radical (unpaired) electrons. The number of aromatic nitrogens is 2. The fraction of sp³-hybridized carbons (Fsp3) is 0.474. The van der Waals surface area contributed by atoms with Gasteiger partial charge in [0.2, 0.25) is 0 Å². The quantitative estimate of drug-likeness (QED) is 0.240. The van der Waals surface area contributed by atoms with Crippen LogP contribution in [0.5, 0.6) is 5.75 Å². The van der Waals surface area contributed by atoms with Crippen molar-refractivity contribution in [3.05, 3.63) is 71.7 Å². The van der Waals surface area contributed by atoms with Crippen molar-refractivity contribution in [1.82, 2.24) is 9.61 Å². The molecule has 6 bridgehead atoms. The lowest BCUT2D eigenvalue weighted by molar-refractivity contribution is -0.160. The van der Waals surface area contributed by atoms with Crippen molar-refractivity contribution >= 4 is 17.2 Å². The zero-order valence-corrected chi connectivity index (χ0v) is 28.3. The average molecular weight is 644 g/mol. The first kappa shape index (κ1) is 33.0. The number of nitrogens with zero attached hydrogens (tertiary/aromatic N) is 3. The normalized spacial score (nSPS) is 21.3. The van der Waals surface area contributed by atoms with E-state index in [1.54, 1.807) is 6.07 Å². The number of aliphatic carboxylic acids is 1. The van der Waals surface area contributed by atoms with Crippen LogP contribution >= 0.6 is 0 Å². The molecular formula is C38H46FN3O5. The molecule has 3 aliphatic rings. The topological polar surface area (TPSA) is 85.5 Å². The summed E-state index contributed by atoms with van der Waals surface area (Å²) in [6.07, 6.45) is 4.87. The molecule has 9 heteroatoms. The number of carboxylic acid groups (broad SMARTS) is 1. The number of anilines is 1. The number of rotatable bonds is 3. The van der Waals surface area contributed by atoms with Crippen molar-refractivity contribution < 1.29 is 28.5 Å². The van der Waals surface area contributed by atoms with Crippen molar-refractivity contribution in [1.29, 1.82) is 0 Å². The summed E-state index contributed by atoms with van der Waals surface area (Å²) < 4.78 is 36.4. The molecule has 0 saturated carbocycles. The third-order valence-electron chi connectivity index (χ3n) is 9.28. The minimum absolute atomic E-state index is 0.0886. The summed E-state index contributed by atoms with van der Waals surface area (Å²) in [5, 5.41) is 15.5. The maximum Gasteiger partial charge on any atom is 0.337 e. The number of benzene rings is 2. The van der Waals surface area contributed by atoms with Crippen molar-refractivity contribution in [3.8, 4) is 28.1 Å². The van der Waals surface area contributed by atoms with Gasteiger partial charge >= 0.3 is 5.97 Å². The lowest BCUT2D eigenvalue weighted by Gasteiger charge is -2.42. The Morgan fingerprint density at radius 3 is 2.55 bits per heavy atom. The van der Waals surface area contributed by atoms with Crippen LogP contribution in [0.25, 0.3) is 27.9 Å². The predicted molar refractivity (Wildman–Crippen MR) is 182 cm³/mol. The van der Waals surface area contributed by atoms with E-state index in [2.05, 4.69) is 11.8 Å². The van der Waals surface area contributed by atoms with Gasteiger partial charge in [0.25, 0.3) is 0 Å². The summed E-state index contributed by atoms with van der Waals surface area (Å²) in [4.78, 5) is 15.1. The van der Waals surface area contributed by atoms with E-state index in [0.717, 1.165) is 54.4 Å². The molecule has 0 amide bonds. The van der Waals surface area contributed by atoms with Crippen LogP contribution in [0.1, 0.15) is 84.0 Å². The van der Waals surface area contributed by atoms with Crippen LogP contribution in [-0.4, -0.2) is 57.7 Å². The second kappa shape index (κ2) is 12.9. The lowest BCUT2D eigenvalue weighted by atomic mass is 9.91. The number of aryl methyl sites for hydroxylation is 1. The van der Waals surface area contributed by atoms with Crippen molar-refractivity contribution in [2.75, 3.05) is 24.6 Å². The van der Waals surface area contributed by atoms with E-state index in [-0.39, 0.29) is 17.5 Å². The number of pyridine rings is 1. The van der Waals surface area contributed by atoms with E-state index in [1.165, 1.54) is 6.07 Å². The summed E-state index contributed by atoms with van der Waals surface area (Å²) in [5.74, 6) is -0.880. The summed E-state index contributed by atoms with van der Waals surface area (Å²) in [6, 6.07) is 14.6. The van der Waals surface area contributed by atoms with Crippen LogP contribution in [0, 0.1) is 12.7 Å². The van der Waals surface area contributed by atoms with Gasteiger partial charge in [-0.3, -0.25) is 0 Å². The molecule has 47 heavy (non-hydrogen) atoms. The number of fused-ring (bicyclic) bond motifs is 8. The van der Waals surface area contributed by atoms with Crippen LogP contribution < -0.4 is 9.64 Å². The largest absolute Gasteiger partial charge is 0.490 e. The fourth-order valence-corrected chi connectivity index (χ4v) is 6.83. The van der Waals surface area contributed by atoms with Gasteiger partial charge in [-0.15, -0.1) is 0 Å². The van der Waals surface area contributed by atoms with Crippen LogP contribution in [0.2, 0.25) is 0 Å². The summed E-state index contributed by atoms with van der Waals surface area (Å²) in [6.45, 7) is 13.8. The first-order valence-electron chi connectivity index (χ1n) is 16.7. The number of hydrogen-bond acceptors (Lipinski definition) is 6. The average Bonchev–Trinajstić information content (AvgIpc) is 3.43. The second-order valence-electron chi connectivity index (χ2n) is 14.3. The van der Waals surface area contributed by atoms with Gasteiger partial charge in [0.05, 0.1) is 39.8 Å². The number of hydrogen-bond donors (Lipinski definition) is 1. The molecular weight excluding hydrogens is 597 g/mol. The minimum Gasteiger partial charge on any atom is -0.490 e. The number of piperidine rings is 1. The number of ether oxygens (including phenoxy) is 3. The van der Waals surface area contributed by atoms with Gasteiger partial charge in [-0.2, -0.15) is 5.10 Å². The van der Waals surface area contributed by atoms with Crippen molar-refractivity contribution in [2.24, 2.45) is 0 Å². The molecule has 1 N–H and O–H groups in total. The third kappa shape index (κ3) is 7.02. The highest BCUT2D eigenvalue weighted by atomic mass is 19.1. The highest BCUT2D eigenvalue weighted by molar-refractivity contribution is 5.87. The Morgan fingerprint density at radius 2 is 1.83 bits per heavy atom. The smallest absolute Gasteiger partial charge is 0.337 e. The van der Waals surface area contributed by atoms with Gasteiger partial charge in [-0.05, 0) is 109 Å². The van der Waals surface area contributed by atoms with Crippen molar-refractivity contribution in [2.45, 2.75) is 97.1 Å². The molecule has 7 rings (SSSR count). The van der Waals surface area contributed by atoms with Crippen LogP contribution in [0.15, 0.2) is 54.7 Å². The fourth-order valence-electron chi connectivity index (χ4n) is 6.83. The standard InChI is InChI=1S/C38H46FN3O5/c1-24-23-42-30-22-29(40-42)26-12-9-13-27(21-26)33-28(39)14-10-15-31(33)46-25(2)11-7-8-20-45-38(6)16-18-41(19-17-38)34(30)32(24)35(36(43)44)47-37(3,4)5/h9-10,12-15,21-23,25,35H,7-8,11,16-20H2,1-6H3,(H,43,44)/t25-,35-/m0/s1. The van der Waals surface area contributed by atoms with Crippen LogP contribution in [-0.2, 0) is 14.3 Å². The van der Waals surface area contributed by atoms with E-state index in [4.69, 9.17) is 19.3 Å². The van der Waals surface area contributed by atoms with Gasteiger partial charge in [-0.25, -0.2) is 13.7 Å². The van der Waals surface area contributed by atoms with E-state index in [9.17, 15) is 9.90 Å². The molecule has 3 aliphatic heterocycles. The molecule has 2 aromatic carbocycles. The Hall–Kier alpha value is -3.95. The monoisotopic (exact) mass is 643 g/mol. The Bertz CT molecular complexity index is 1770. The molecule has 0 spiro atoms. The summed E-state index contributed by atoms with van der Waals surface area (Å²) >= 11 is 0. The minimum atomic E-state index is -1.17. The van der Waals surface area contributed by atoms with Gasteiger partial charge in [-0.1, -0.05) is 24.3 Å². The van der Waals surface area contributed by atoms with Gasteiger partial charge in [0.1, 0.15) is 11.6 Å². The maximum absolute atomic E-state index is 15.5. The van der Waals surface area contributed by atoms with Gasteiger partial charge in [0.15, 0.2) is 6.10 Å².